The minimum absolute atomic E-state index is 0.0399. The Hall–Kier alpha value is -1.78. The quantitative estimate of drug-likeness (QED) is 0.658. The van der Waals surface area contributed by atoms with E-state index in [1.54, 1.807) is 25.1 Å². The molecule has 1 fully saturated rings. The number of hydrogen-bond donors (Lipinski definition) is 1. The van der Waals surface area contributed by atoms with Crippen LogP contribution in [0.4, 0.5) is 24.5 Å². The minimum atomic E-state index is -4.65. The van der Waals surface area contributed by atoms with Gasteiger partial charge in [-0.2, -0.15) is 13.2 Å². The second-order valence-corrected chi connectivity index (χ2v) is 10.8. The second-order valence-electron chi connectivity index (χ2n) is 7.99. The van der Waals surface area contributed by atoms with E-state index in [-0.39, 0.29) is 12.6 Å². The van der Waals surface area contributed by atoms with Crippen molar-refractivity contribution in [2.24, 2.45) is 0 Å². The molecule has 2 aliphatic heterocycles. The van der Waals surface area contributed by atoms with Gasteiger partial charge in [0.25, 0.3) is 10.0 Å². The topological polar surface area (TPSA) is 60.9 Å². The average molecular weight is 505 g/mol. The van der Waals surface area contributed by atoms with E-state index >= 15 is 0 Å². The summed E-state index contributed by atoms with van der Waals surface area (Å²) >= 11 is 3.36. The van der Waals surface area contributed by atoms with Gasteiger partial charge in [0.2, 0.25) is 0 Å². The second kappa shape index (κ2) is 7.13. The van der Waals surface area contributed by atoms with Crippen LogP contribution in [0.2, 0.25) is 0 Å². The number of halogens is 4. The van der Waals surface area contributed by atoms with Crippen LogP contribution in [0.25, 0.3) is 0 Å². The number of hydrogen-bond acceptors (Lipinski definition) is 4. The number of nitrogens with zero attached hydrogens (tertiary/aromatic N) is 2. The van der Waals surface area contributed by atoms with Crippen molar-refractivity contribution < 1.29 is 26.7 Å². The first-order valence-electron chi connectivity index (χ1n) is 9.37. The highest BCUT2D eigenvalue weighted by atomic mass is 79.9. The van der Waals surface area contributed by atoms with Gasteiger partial charge in [-0.3, -0.25) is 4.31 Å². The molecule has 0 bridgehead atoms. The number of rotatable bonds is 2. The van der Waals surface area contributed by atoms with Crippen molar-refractivity contribution in [3.63, 3.8) is 0 Å². The fourth-order valence-corrected chi connectivity index (χ4v) is 6.06. The molecular weight excluding hydrogens is 485 g/mol. The zero-order valence-corrected chi connectivity index (χ0v) is 18.4. The van der Waals surface area contributed by atoms with Crippen LogP contribution in [0, 0.1) is 0 Å². The van der Waals surface area contributed by atoms with Gasteiger partial charge in [-0.25, -0.2) is 8.42 Å². The van der Waals surface area contributed by atoms with Crippen LogP contribution in [0.5, 0.6) is 0 Å². The largest absolute Gasteiger partial charge is 0.416 e. The van der Waals surface area contributed by atoms with Crippen molar-refractivity contribution in [1.82, 2.24) is 0 Å². The zero-order chi connectivity index (χ0) is 21.9. The molecule has 0 aliphatic carbocycles. The van der Waals surface area contributed by atoms with E-state index < -0.39 is 32.3 Å². The molecule has 2 aromatic rings. The lowest BCUT2D eigenvalue weighted by atomic mass is 9.86. The molecule has 2 heterocycles. The number of aliphatic hydroxyl groups is 1. The predicted octanol–water partition coefficient (Wildman–Crippen LogP) is 4.40. The Bertz CT molecular complexity index is 1090. The summed E-state index contributed by atoms with van der Waals surface area (Å²) in [6.45, 7) is 2.31. The minimum Gasteiger partial charge on any atom is -0.390 e. The molecule has 4 rings (SSSR count). The molecule has 10 heteroatoms. The van der Waals surface area contributed by atoms with E-state index in [0.29, 0.717) is 41.3 Å². The van der Waals surface area contributed by atoms with Gasteiger partial charge in [-0.1, -0.05) is 22.0 Å². The predicted molar refractivity (Wildman–Crippen MR) is 111 cm³/mol. The van der Waals surface area contributed by atoms with E-state index in [1.165, 1.54) is 6.07 Å². The SMILES string of the molecule is CC1(O)CCN2c3ccc(Br)cc3N(S(=O)(=O)c3cccc(C(F)(F)F)c3)CC2C1. The standard InChI is InChI=1S/C20H20BrF3N2O3S/c1-19(27)7-8-25-15(11-19)12-26(18-10-14(21)5-6-17(18)25)30(28,29)16-4-2-3-13(9-16)20(22,23)24/h2-6,9-10,15,27H,7-8,11-12H2,1H3. The van der Waals surface area contributed by atoms with E-state index in [4.69, 9.17) is 0 Å². The fraction of sp³-hybridized carbons (Fsp3) is 0.400. The summed E-state index contributed by atoms with van der Waals surface area (Å²) in [5.74, 6) is 0. The molecule has 5 nitrogen and oxygen atoms in total. The molecule has 30 heavy (non-hydrogen) atoms. The van der Waals surface area contributed by atoms with Gasteiger partial charge in [0, 0.05) is 11.0 Å². The Kier molecular flexibility index (Phi) is 5.10. The Morgan fingerprint density at radius 3 is 2.60 bits per heavy atom. The third-order valence-electron chi connectivity index (χ3n) is 5.65. The van der Waals surface area contributed by atoms with E-state index in [0.717, 1.165) is 16.4 Å². The Balaban J connectivity index is 1.82. The van der Waals surface area contributed by atoms with Crippen LogP contribution >= 0.6 is 15.9 Å². The van der Waals surface area contributed by atoms with E-state index in [9.17, 15) is 26.7 Å². The molecule has 0 amide bonds. The highest BCUT2D eigenvalue weighted by Crippen LogP contribution is 2.44. The molecule has 0 aromatic heterocycles. The summed E-state index contributed by atoms with van der Waals surface area (Å²) in [5.41, 5.74) is -0.864. The normalized spacial score (nSPS) is 24.4. The summed E-state index contributed by atoms with van der Waals surface area (Å²) in [6.07, 6.45) is -3.75. The maximum absolute atomic E-state index is 13.4. The number of fused-ring (bicyclic) bond motifs is 3. The first-order chi connectivity index (χ1) is 13.9. The van der Waals surface area contributed by atoms with Gasteiger partial charge in [0.1, 0.15) is 0 Å². The van der Waals surface area contributed by atoms with Gasteiger partial charge >= 0.3 is 6.18 Å². The number of piperidine rings is 1. The summed E-state index contributed by atoms with van der Waals surface area (Å²) < 4.78 is 68.1. The van der Waals surface area contributed by atoms with Crippen LogP contribution in [0.3, 0.4) is 0 Å². The molecule has 2 aromatic carbocycles. The van der Waals surface area contributed by atoms with Crippen LogP contribution < -0.4 is 9.21 Å². The summed E-state index contributed by atoms with van der Waals surface area (Å²) in [5, 5.41) is 10.5. The van der Waals surface area contributed by atoms with E-state index in [2.05, 4.69) is 20.8 Å². The van der Waals surface area contributed by atoms with Crippen molar-refractivity contribution in [2.75, 3.05) is 22.3 Å². The average Bonchev–Trinajstić information content (AvgIpc) is 2.65. The fourth-order valence-electron chi connectivity index (χ4n) is 4.16. The number of alkyl halides is 3. The van der Waals surface area contributed by atoms with Crippen LogP contribution in [-0.4, -0.2) is 38.3 Å². The Morgan fingerprint density at radius 2 is 1.90 bits per heavy atom. The number of benzene rings is 2. The van der Waals surface area contributed by atoms with Crippen molar-refractivity contribution in [2.45, 2.75) is 42.5 Å². The summed E-state index contributed by atoms with van der Waals surface area (Å²) in [6, 6.07) is 8.73. The third-order valence-corrected chi connectivity index (χ3v) is 7.92. The van der Waals surface area contributed by atoms with Gasteiger partial charge in [0.05, 0.1) is 40.0 Å². The highest BCUT2D eigenvalue weighted by molar-refractivity contribution is 9.10. The lowest BCUT2D eigenvalue weighted by molar-refractivity contribution is -0.137. The molecule has 162 valence electrons. The van der Waals surface area contributed by atoms with Gasteiger partial charge in [-0.15, -0.1) is 0 Å². The molecule has 2 aliphatic rings. The smallest absolute Gasteiger partial charge is 0.390 e. The van der Waals surface area contributed by atoms with Crippen LogP contribution in [0.15, 0.2) is 51.8 Å². The van der Waals surface area contributed by atoms with Crippen molar-refractivity contribution in [3.05, 3.63) is 52.5 Å². The molecule has 2 unspecified atom stereocenters. The molecule has 1 saturated heterocycles. The molecule has 0 radical (unpaired) electrons. The van der Waals surface area contributed by atoms with Gasteiger partial charge < -0.3 is 10.0 Å². The lowest BCUT2D eigenvalue weighted by Crippen LogP contribution is -2.57. The van der Waals surface area contributed by atoms with Crippen molar-refractivity contribution in [1.29, 1.82) is 0 Å². The maximum atomic E-state index is 13.4. The monoisotopic (exact) mass is 504 g/mol. The van der Waals surface area contributed by atoms with Crippen LogP contribution in [0.1, 0.15) is 25.3 Å². The molecule has 1 N–H and O–H groups in total. The molecular formula is C20H20BrF3N2O3S. The Morgan fingerprint density at radius 1 is 1.17 bits per heavy atom. The maximum Gasteiger partial charge on any atom is 0.416 e. The molecule has 0 spiro atoms. The third kappa shape index (κ3) is 3.80. The number of anilines is 2. The first-order valence-corrected chi connectivity index (χ1v) is 11.6. The lowest BCUT2D eigenvalue weighted by Gasteiger charge is -2.49. The van der Waals surface area contributed by atoms with E-state index in [1.807, 2.05) is 0 Å². The summed E-state index contributed by atoms with van der Waals surface area (Å²) in [4.78, 5) is 1.65. The Labute approximate surface area is 181 Å². The molecule has 0 saturated carbocycles. The van der Waals surface area contributed by atoms with Crippen LogP contribution in [-0.2, 0) is 16.2 Å². The zero-order valence-electron chi connectivity index (χ0n) is 16.0. The summed E-state index contributed by atoms with van der Waals surface area (Å²) in [7, 11) is -4.26. The number of sulfonamides is 1. The van der Waals surface area contributed by atoms with Crippen molar-refractivity contribution >= 4 is 37.3 Å². The highest BCUT2D eigenvalue weighted by Gasteiger charge is 2.43. The molecule has 2 atom stereocenters. The van der Waals surface area contributed by atoms with Crippen molar-refractivity contribution in [3.8, 4) is 0 Å². The van der Waals surface area contributed by atoms with Gasteiger partial charge in [0.15, 0.2) is 0 Å². The first kappa shape index (κ1) is 21.5. The van der Waals surface area contributed by atoms with Gasteiger partial charge in [-0.05, 0) is 56.2 Å².